The summed E-state index contributed by atoms with van der Waals surface area (Å²) in [5, 5.41) is 0. The molecule has 1 nitrogen and oxygen atoms in total. The minimum Gasteiger partial charge on any atom is -0.299 e. The molecule has 1 aromatic carbocycles. The van der Waals surface area contributed by atoms with Crippen LogP contribution < -0.4 is 0 Å². The number of fused-ring (bicyclic) bond motifs is 3. The fraction of sp³-hybridized carbons (Fsp3) is 0.471. The van der Waals surface area contributed by atoms with Gasteiger partial charge in [-0.25, -0.2) is 0 Å². The fourth-order valence-corrected chi connectivity index (χ4v) is 3.33. The quantitative estimate of drug-likeness (QED) is 0.767. The topological polar surface area (TPSA) is 17.1 Å². The van der Waals surface area contributed by atoms with E-state index in [-0.39, 0.29) is 0 Å². The van der Waals surface area contributed by atoms with Crippen molar-refractivity contribution < 1.29 is 4.79 Å². The van der Waals surface area contributed by atoms with Crippen molar-refractivity contribution >= 4 is 11.9 Å². The molecule has 2 aliphatic rings. The van der Waals surface area contributed by atoms with Gasteiger partial charge in [-0.05, 0) is 47.9 Å². The van der Waals surface area contributed by atoms with Crippen LogP contribution in [0.1, 0.15) is 54.9 Å². The van der Waals surface area contributed by atoms with Gasteiger partial charge >= 0.3 is 0 Å². The number of carbonyl (C=O) groups is 1. The molecule has 0 heterocycles. The summed E-state index contributed by atoms with van der Waals surface area (Å²) in [6.45, 7) is 2.24. The van der Waals surface area contributed by atoms with Gasteiger partial charge in [0.1, 0.15) is 5.78 Å². The molecule has 0 N–H and O–H groups in total. The Hall–Kier alpha value is -1.37. The summed E-state index contributed by atoms with van der Waals surface area (Å²) in [7, 11) is 0. The molecule has 0 aliphatic heterocycles. The Morgan fingerprint density at radius 1 is 1.06 bits per heavy atom. The Morgan fingerprint density at radius 3 is 2.72 bits per heavy atom. The van der Waals surface area contributed by atoms with E-state index in [0.29, 0.717) is 12.2 Å². The highest BCUT2D eigenvalue weighted by Gasteiger charge is 2.21. The summed E-state index contributed by atoms with van der Waals surface area (Å²) >= 11 is 0. The van der Waals surface area contributed by atoms with E-state index in [2.05, 4.69) is 25.1 Å². The van der Waals surface area contributed by atoms with Crippen LogP contribution in [0.4, 0.5) is 0 Å². The molecular formula is C17H20O. The monoisotopic (exact) mass is 240 g/mol. The fourth-order valence-electron chi connectivity index (χ4n) is 3.33. The van der Waals surface area contributed by atoms with Crippen LogP contribution in [0.3, 0.4) is 0 Å². The molecule has 0 unspecified atom stereocenters. The second-order valence-electron chi connectivity index (χ2n) is 5.54. The van der Waals surface area contributed by atoms with Gasteiger partial charge in [0.25, 0.3) is 0 Å². The molecule has 3 rings (SSSR count). The number of carbonyl (C=O) groups excluding carboxylic acids is 1. The van der Waals surface area contributed by atoms with Crippen LogP contribution >= 0.6 is 0 Å². The Morgan fingerprint density at radius 2 is 1.89 bits per heavy atom. The lowest BCUT2D eigenvalue weighted by Crippen LogP contribution is -2.17. The number of Topliss-reactive ketones (excluding diaryl/α,β-unsaturated/α-hetero) is 1. The molecule has 0 amide bonds. The third-order valence-corrected chi connectivity index (χ3v) is 4.23. The van der Waals surface area contributed by atoms with E-state index in [1.54, 1.807) is 5.57 Å². The van der Waals surface area contributed by atoms with Crippen LogP contribution in [0.5, 0.6) is 0 Å². The van der Waals surface area contributed by atoms with E-state index in [1.807, 2.05) is 0 Å². The number of hydrogen-bond donors (Lipinski definition) is 0. The van der Waals surface area contributed by atoms with Crippen LogP contribution in [0.15, 0.2) is 17.7 Å². The van der Waals surface area contributed by atoms with Crippen molar-refractivity contribution in [3.05, 3.63) is 40.0 Å². The lowest BCUT2D eigenvalue weighted by Gasteiger charge is -2.24. The molecular weight excluding hydrogens is 220 g/mol. The van der Waals surface area contributed by atoms with Crippen molar-refractivity contribution in [2.45, 2.75) is 51.9 Å². The van der Waals surface area contributed by atoms with Crippen molar-refractivity contribution in [2.24, 2.45) is 0 Å². The summed E-state index contributed by atoms with van der Waals surface area (Å²) in [6.07, 6.45) is 9.62. The highest BCUT2D eigenvalue weighted by Crippen LogP contribution is 2.33. The molecule has 0 radical (unpaired) electrons. The maximum absolute atomic E-state index is 11.5. The zero-order valence-corrected chi connectivity index (χ0v) is 11.1. The average molecular weight is 240 g/mol. The maximum atomic E-state index is 11.5. The van der Waals surface area contributed by atoms with Gasteiger partial charge in [0, 0.05) is 12.8 Å². The Balaban J connectivity index is 2.00. The second-order valence-corrected chi connectivity index (χ2v) is 5.54. The Kier molecular flexibility index (Phi) is 3.07. The summed E-state index contributed by atoms with van der Waals surface area (Å²) in [5.74, 6) is 0.403. The van der Waals surface area contributed by atoms with Crippen molar-refractivity contribution in [1.29, 1.82) is 0 Å². The zero-order valence-electron chi connectivity index (χ0n) is 11.1. The van der Waals surface area contributed by atoms with Gasteiger partial charge in [0.2, 0.25) is 0 Å². The summed E-state index contributed by atoms with van der Waals surface area (Å²) in [6, 6.07) is 4.40. The van der Waals surface area contributed by atoms with Gasteiger partial charge in [-0.15, -0.1) is 0 Å². The SMILES string of the molecule is CCCC1=Cc2ccc3c(c2CC1)CCC(=O)C3. The van der Waals surface area contributed by atoms with Gasteiger partial charge in [0.15, 0.2) is 0 Å². The highest BCUT2D eigenvalue weighted by molar-refractivity contribution is 5.84. The molecule has 0 aromatic heterocycles. The predicted molar refractivity (Wildman–Crippen MR) is 74.7 cm³/mol. The molecule has 0 fully saturated rings. The van der Waals surface area contributed by atoms with Crippen LogP contribution in [-0.4, -0.2) is 5.78 Å². The lowest BCUT2D eigenvalue weighted by molar-refractivity contribution is -0.118. The molecule has 2 aliphatic carbocycles. The van der Waals surface area contributed by atoms with E-state index in [0.717, 1.165) is 12.8 Å². The van der Waals surface area contributed by atoms with Gasteiger partial charge in [-0.2, -0.15) is 0 Å². The van der Waals surface area contributed by atoms with Gasteiger partial charge in [-0.1, -0.05) is 37.1 Å². The minimum absolute atomic E-state index is 0.403. The predicted octanol–water partition coefficient (Wildman–Crippen LogP) is 3.87. The normalized spacial score (nSPS) is 18.1. The molecule has 1 aromatic rings. The zero-order chi connectivity index (χ0) is 12.5. The average Bonchev–Trinajstić information content (AvgIpc) is 2.38. The van der Waals surface area contributed by atoms with Gasteiger partial charge in [0.05, 0.1) is 0 Å². The molecule has 0 atom stereocenters. The van der Waals surface area contributed by atoms with E-state index >= 15 is 0 Å². The summed E-state index contributed by atoms with van der Waals surface area (Å²) in [5.41, 5.74) is 7.31. The van der Waals surface area contributed by atoms with Crippen LogP contribution in [0, 0.1) is 0 Å². The van der Waals surface area contributed by atoms with Crippen molar-refractivity contribution in [3.63, 3.8) is 0 Å². The van der Waals surface area contributed by atoms with Crippen molar-refractivity contribution in [1.82, 2.24) is 0 Å². The molecule has 1 heteroatoms. The highest BCUT2D eigenvalue weighted by atomic mass is 16.1. The van der Waals surface area contributed by atoms with Crippen LogP contribution in [0.2, 0.25) is 0 Å². The van der Waals surface area contributed by atoms with E-state index < -0.39 is 0 Å². The third kappa shape index (κ3) is 2.03. The first-order chi connectivity index (χ1) is 8.78. The Labute approximate surface area is 109 Å². The number of benzene rings is 1. The van der Waals surface area contributed by atoms with E-state index in [1.165, 1.54) is 47.9 Å². The van der Waals surface area contributed by atoms with E-state index in [4.69, 9.17) is 0 Å². The number of hydrogen-bond acceptors (Lipinski definition) is 1. The Bertz CT molecular complexity index is 523. The molecule has 0 bridgehead atoms. The summed E-state index contributed by atoms with van der Waals surface area (Å²) < 4.78 is 0. The third-order valence-electron chi connectivity index (χ3n) is 4.23. The molecule has 0 spiro atoms. The van der Waals surface area contributed by atoms with Gasteiger partial charge < -0.3 is 0 Å². The first-order valence-electron chi connectivity index (χ1n) is 7.12. The largest absolute Gasteiger partial charge is 0.299 e. The number of ketones is 1. The second kappa shape index (κ2) is 4.72. The smallest absolute Gasteiger partial charge is 0.137 e. The van der Waals surface area contributed by atoms with Crippen molar-refractivity contribution in [3.8, 4) is 0 Å². The lowest BCUT2D eigenvalue weighted by atomic mass is 9.80. The van der Waals surface area contributed by atoms with E-state index in [9.17, 15) is 4.79 Å². The number of rotatable bonds is 2. The summed E-state index contributed by atoms with van der Waals surface area (Å²) in [4.78, 5) is 11.5. The molecule has 0 saturated carbocycles. The van der Waals surface area contributed by atoms with Crippen molar-refractivity contribution in [2.75, 3.05) is 0 Å². The molecule has 94 valence electrons. The van der Waals surface area contributed by atoms with Crippen LogP contribution in [0.25, 0.3) is 6.08 Å². The minimum atomic E-state index is 0.403. The molecule has 18 heavy (non-hydrogen) atoms. The first-order valence-corrected chi connectivity index (χ1v) is 7.12. The first kappa shape index (κ1) is 11.7. The maximum Gasteiger partial charge on any atom is 0.137 e. The molecule has 0 saturated heterocycles. The number of allylic oxidation sites excluding steroid dienone is 1. The van der Waals surface area contributed by atoms with Gasteiger partial charge in [-0.3, -0.25) is 4.79 Å². The standard InChI is InChI=1S/C17H20O/c1-2-3-12-4-8-16-13(10-12)5-6-14-11-15(18)7-9-17(14)16/h5-6,10H,2-4,7-9,11H2,1H3. The van der Waals surface area contributed by atoms with Crippen LogP contribution in [-0.2, 0) is 24.1 Å².